The van der Waals surface area contributed by atoms with Crippen molar-refractivity contribution in [3.8, 4) is 0 Å². The van der Waals surface area contributed by atoms with Gasteiger partial charge in [-0.1, -0.05) is 49.2 Å². The van der Waals surface area contributed by atoms with E-state index in [1.807, 2.05) is 27.7 Å². The van der Waals surface area contributed by atoms with Crippen LogP contribution in [0.5, 0.6) is 0 Å². The van der Waals surface area contributed by atoms with Crippen LogP contribution >= 0.6 is 23.2 Å². The number of hydrogen-bond acceptors (Lipinski definition) is 4. The summed E-state index contributed by atoms with van der Waals surface area (Å²) in [5.41, 5.74) is 2.87. The van der Waals surface area contributed by atoms with Crippen molar-refractivity contribution in [3.63, 3.8) is 0 Å². The molecular formula is C25H33Cl2N3O4S. The number of benzene rings is 2. The highest BCUT2D eigenvalue weighted by Crippen LogP contribution is 2.25. The van der Waals surface area contributed by atoms with Gasteiger partial charge in [0.1, 0.15) is 12.6 Å². The summed E-state index contributed by atoms with van der Waals surface area (Å²) in [4.78, 5) is 27.8. The average molecular weight is 543 g/mol. The van der Waals surface area contributed by atoms with Crippen molar-refractivity contribution in [3.05, 3.63) is 63.1 Å². The Bertz CT molecular complexity index is 1190. The maximum Gasteiger partial charge on any atom is 0.244 e. The van der Waals surface area contributed by atoms with Crippen LogP contribution in [0.15, 0.2) is 36.4 Å². The van der Waals surface area contributed by atoms with Crippen LogP contribution in [0.1, 0.15) is 37.5 Å². The number of carbonyl (C=O) groups excluding carboxylic acids is 2. The fourth-order valence-electron chi connectivity index (χ4n) is 3.36. The molecule has 10 heteroatoms. The summed E-state index contributed by atoms with van der Waals surface area (Å²) >= 11 is 12.4. The molecule has 0 aromatic heterocycles. The number of rotatable bonds is 10. The van der Waals surface area contributed by atoms with Gasteiger partial charge in [-0.25, -0.2) is 8.42 Å². The van der Waals surface area contributed by atoms with E-state index in [0.717, 1.165) is 21.7 Å². The molecule has 0 aliphatic carbocycles. The van der Waals surface area contributed by atoms with E-state index >= 15 is 0 Å². The van der Waals surface area contributed by atoms with E-state index in [0.29, 0.717) is 27.8 Å². The third-order valence-corrected chi connectivity index (χ3v) is 7.39. The van der Waals surface area contributed by atoms with Crippen LogP contribution in [0.25, 0.3) is 0 Å². The number of hydrogen-bond donors (Lipinski definition) is 1. The van der Waals surface area contributed by atoms with Crippen molar-refractivity contribution in [1.82, 2.24) is 10.2 Å². The van der Waals surface area contributed by atoms with Gasteiger partial charge in [0.2, 0.25) is 21.8 Å². The zero-order chi connectivity index (χ0) is 26.5. The number of carbonyl (C=O) groups is 2. The lowest BCUT2D eigenvalue weighted by atomic mass is 10.1. The molecule has 0 heterocycles. The number of nitrogens with zero attached hydrogens (tertiary/aromatic N) is 2. The monoisotopic (exact) mass is 541 g/mol. The second kappa shape index (κ2) is 12.1. The molecule has 1 N–H and O–H groups in total. The molecule has 2 aromatic rings. The van der Waals surface area contributed by atoms with Crippen molar-refractivity contribution in [1.29, 1.82) is 0 Å². The second-order valence-electron chi connectivity index (χ2n) is 9.11. The summed E-state index contributed by atoms with van der Waals surface area (Å²) in [6.07, 6.45) is 1.05. The third-order valence-electron chi connectivity index (χ3n) is 5.67. The maximum atomic E-state index is 13.6. The van der Waals surface area contributed by atoms with E-state index in [9.17, 15) is 18.0 Å². The predicted molar refractivity (Wildman–Crippen MR) is 142 cm³/mol. The van der Waals surface area contributed by atoms with E-state index in [4.69, 9.17) is 23.2 Å². The number of amides is 2. The summed E-state index contributed by atoms with van der Waals surface area (Å²) in [5.74, 6) is -0.646. The summed E-state index contributed by atoms with van der Waals surface area (Å²) < 4.78 is 26.4. The van der Waals surface area contributed by atoms with Crippen molar-refractivity contribution >= 4 is 50.7 Å². The molecule has 7 nitrogen and oxygen atoms in total. The zero-order valence-corrected chi connectivity index (χ0v) is 23.3. The first-order valence-corrected chi connectivity index (χ1v) is 13.9. The van der Waals surface area contributed by atoms with E-state index in [1.54, 1.807) is 43.3 Å². The van der Waals surface area contributed by atoms with Crippen LogP contribution < -0.4 is 9.62 Å². The normalized spacial score (nSPS) is 12.4. The van der Waals surface area contributed by atoms with E-state index in [2.05, 4.69) is 5.32 Å². The average Bonchev–Trinajstić information content (AvgIpc) is 2.75. The van der Waals surface area contributed by atoms with Crippen LogP contribution in [0.4, 0.5) is 5.69 Å². The van der Waals surface area contributed by atoms with Crippen LogP contribution in [0, 0.1) is 19.8 Å². The standard InChI is InChI=1S/C25H33Cl2N3O4S/c1-16(2)13-28-25(32)19(5)29(14-20-8-9-21(26)12-23(20)27)24(31)15-30(35(6,33)34)22-10-7-17(3)18(4)11-22/h7-12,16,19H,13-15H2,1-6H3,(H,28,32)/t19-/m0/s1. The Morgan fingerprint density at radius 3 is 2.20 bits per heavy atom. The number of nitrogens with one attached hydrogen (secondary N) is 1. The fourth-order valence-corrected chi connectivity index (χ4v) is 4.67. The maximum absolute atomic E-state index is 13.6. The number of anilines is 1. The lowest BCUT2D eigenvalue weighted by Crippen LogP contribution is -2.51. The van der Waals surface area contributed by atoms with Crippen molar-refractivity contribution in [2.75, 3.05) is 23.7 Å². The lowest BCUT2D eigenvalue weighted by molar-refractivity contribution is -0.139. The molecule has 0 saturated carbocycles. The minimum atomic E-state index is -3.79. The van der Waals surface area contributed by atoms with Crippen molar-refractivity contribution in [2.24, 2.45) is 5.92 Å². The van der Waals surface area contributed by atoms with E-state index in [-0.39, 0.29) is 18.4 Å². The molecule has 0 aliphatic rings. The first-order valence-electron chi connectivity index (χ1n) is 11.3. The highest BCUT2D eigenvalue weighted by atomic mass is 35.5. The summed E-state index contributed by atoms with van der Waals surface area (Å²) in [7, 11) is -3.79. The quantitative estimate of drug-likeness (QED) is 0.477. The second-order valence-corrected chi connectivity index (χ2v) is 11.9. The fraction of sp³-hybridized carbons (Fsp3) is 0.440. The molecule has 192 valence electrons. The third kappa shape index (κ3) is 8.12. The van der Waals surface area contributed by atoms with Crippen molar-refractivity contribution in [2.45, 2.75) is 47.2 Å². The molecule has 35 heavy (non-hydrogen) atoms. The smallest absolute Gasteiger partial charge is 0.244 e. The van der Waals surface area contributed by atoms with Gasteiger partial charge in [0.15, 0.2) is 0 Å². The van der Waals surface area contributed by atoms with E-state index in [1.165, 1.54) is 4.90 Å². The Labute approximate surface area is 218 Å². The first-order chi connectivity index (χ1) is 16.2. The van der Waals surface area contributed by atoms with Crippen LogP contribution in [0.2, 0.25) is 10.0 Å². The van der Waals surface area contributed by atoms with Crippen LogP contribution in [-0.2, 0) is 26.2 Å². The van der Waals surface area contributed by atoms with Crippen LogP contribution in [0.3, 0.4) is 0 Å². The summed E-state index contributed by atoms with van der Waals surface area (Å²) in [5, 5.41) is 3.63. The Morgan fingerprint density at radius 2 is 1.66 bits per heavy atom. The predicted octanol–water partition coefficient (Wildman–Crippen LogP) is 4.57. The molecule has 2 amide bonds. The molecule has 1 atom stereocenters. The van der Waals surface area contributed by atoms with Gasteiger partial charge in [0.05, 0.1) is 11.9 Å². The molecule has 2 rings (SSSR count). The zero-order valence-electron chi connectivity index (χ0n) is 20.9. The number of halogens is 2. The highest BCUT2D eigenvalue weighted by Gasteiger charge is 2.30. The Balaban J connectivity index is 2.42. The Morgan fingerprint density at radius 1 is 1.00 bits per heavy atom. The summed E-state index contributed by atoms with van der Waals surface area (Å²) in [6, 6.07) is 9.21. The lowest BCUT2D eigenvalue weighted by Gasteiger charge is -2.32. The minimum absolute atomic E-state index is 0.00955. The molecule has 0 saturated heterocycles. The molecule has 0 aliphatic heterocycles. The van der Waals surface area contributed by atoms with E-state index < -0.39 is 28.5 Å². The van der Waals surface area contributed by atoms with Gasteiger partial charge < -0.3 is 10.2 Å². The van der Waals surface area contributed by atoms with Gasteiger partial charge in [-0.2, -0.15) is 0 Å². The van der Waals surface area contributed by atoms with Gasteiger partial charge in [0.25, 0.3) is 0 Å². The van der Waals surface area contributed by atoms with Gasteiger partial charge in [-0.05, 0) is 67.6 Å². The van der Waals surface area contributed by atoms with Gasteiger partial charge >= 0.3 is 0 Å². The largest absolute Gasteiger partial charge is 0.354 e. The van der Waals surface area contributed by atoms with Gasteiger partial charge in [0, 0.05) is 23.1 Å². The highest BCUT2D eigenvalue weighted by molar-refractivity contribution is 7.92. The molecule has 0 spiro atoms. The Kier molecular flexibility index (Phi) is 10.0. The number of sulfonamides is 1. The summed E-state index contributed by atoms with van der Waals surface area (Å²) in [6.45, 7) is 9.33. The first kappa shape index (κ1) is 28.9. The molecule has 0 unspecified atom stereocenters. The molecule has 0 fully saturated rings. The molecule has 0 radical (unpaired) electrons. The van der Waals surface area contributed by atoms with Gasteiger partial charge in [-0.15, -0.1) is 0 Å². The SMILES string of the molecule is Cc1ccc(N(CC(=O)N(Cc2ccc(Cl)cc2Cl)[C@@H](C)C(=O)NCC(C)C)S(C)(=O)=O)cc1C. The van der Waals surface area contributed by atoms with Gasteiger partial charge in [-0.3, -0.25) is 13.9 Å². The molecular weight excluding hydrogens is 509 g/mol. The minimum Gasteiger partial charge on any atom is -0.354 e. The topological polar surface area (TPSA) is 86.8 Å². The molecule has 2 aromatic carbocycles. The van der Waals surface area contributed by atoms with Crippen molar-refractivity contribution < 1.29 is 18.0 Å². The Hall–Kier alpha value is -2.29. The van der Waals surface area contributed by atoms with Crippen LogP contribution in [-0.4, -0.2) is 50.5 Å². The molecule has 0 bridgehead atoms. The number of aryl methyl sites for hydroxylation is 2.